The summed E-state index contributed by atoms with van der Waals surface area (Å²) < 4.78 is 10.8. The van der Waals surface area contributed by atoms with Crippen LogP contribution in [0.4, 0.5) is 16.2 Å². The van der Waals surface area contributed by atoms with Gasteiger partial charge in [0.2, 0.25) is 6.41 Å². The zero-order valence-electron chi connectivity index (χ0n) is 14.9. The molecule has 3 aliphatic rings. The molecule has 2 heterocycles. The molecule has 2 aliphatic heterocycles. The number of nitrogens with zero attached hydrogens (tertiary/aromatic N) is 2. The van der Waals surface area contributed by atoms with E-state index in [1.54, 1.807) is 32.2 Å². The van der Waals surface area contributed by atoms with Crippen molar-refractivity contribution < 1.29 is 23.9 Å². The fourth-order valence-corrected chi connectivity index (χ4v) is 2.69. The van der Waals surface area contributed by atoms with E-state index in [-0.39, 0.29) is 12.5 Å². The highest BCUT2D eigenvalue weighted by atomic mass is 16.6. The molecule has 1 aromatic rings. The second kappa shape index (κ2) is 7.63. The lowest BCUT2D eigenvalue weighted by Gasteiger charge is -2.31. The number of cyclic esters (lactones) is 1. The maximum atomic E-state index is 12.0. The van der Waals surface area contributed by atoms with Crippen LogP contribution in [-0.2, 0) is 14.3 Å². The molecule has 1 aliphatic carbocycles. The van der Waals surface area contributed by atoms with Crippen molar-refractivity contribution >= 4 is 29.8 Å². The third-order valence-corrected chi connectivity index (χ3v) is 4.25. The number of nitrogens with one attached hydrogen (secondary N) is 1. The first-order valence-electron chi connectivity index (χ1n) is 8.74. The third kappa shape index (κ3) is 3.89. The molecule has 2 unspecified atom stereocenters. The number of carbonyl (C=O) groups excluding carboxylic acids is 3. The number of fused-ring (bicyclic) bond motifs is 1. The van der Waals surface area contributed by atoms with E-state index in [1.807, 2.05) is 0 Å². The van der Waals surface area contributed by atoms with Gasteiger partial charge in [-0.3, -0.25) is 14.5 Å². The van der Waals surface area contributed by atoms with Crippen molar-refractivity contribution in [3.8, 4) is 5.75 Å². The molecule has 1 aromatic carbocycles. The lowest BCUT2D eigenvalue weighted by atomic mass is 10.1. The van der Waals surface area contributed by atoms with E-state index in [0.717, 1.165) is 0 Å². The van der Waals surface area contributed by atoms with Gasteiger partial charge >= 0.3 is 6.09 Å². The molecular formula is C18H23N3O5. The minimum Gasteiger partial charge on any atom is -0.479 e. The van der Waals surface area contributed by atoms with Crippen LogP contribution in [0.5, 0.6) is 5.75 Å². The minimum absolute atomic E-state index is 0.120. The monoisotopic (exact) mass is 361 g/mol. The first-order chi connectivity index (χ1) is 12.5. The zero-order chi connectivity index (χ0) is 18.7. The maximum Gasteiger partial charge on any atom is 0.414 e. The molecule has 0 bridgehead atoms. The van der Waals surface area contributed by atoms with Crippen LogP contribution in [0.2, 0.25) is 0 Å². The van der Waals surface area contributed by atoms with E-state index in [4.69, 9.17) is 9.47 Å². The Morgan fingerprint density at radius 3 is 2.62 bits per heavy atom. The zero-order valence-corrected chi connectivity index (χ0v) is 14.9. The van der Waals surface area contributed by atoms with Gasteiger partial charge in [0.1, 0.15) is 11.9 Å². The van der Waals surface area contributed by atoms with Crippen LogP contribution < -0.4 is 19.9 Å². The van der Waals surface area contributed by atoms with E-state index in [1.165, 1.54) is 29.1 Å². The standard InChI is InChI=1S/C15H17N3O5.C3H6/c1-9-14(20)17(2)12-4-3-10(5-13(12)22-9)18-7-11(6-16-8-19)23-15(18)21;1-2-3-1/h3-5,8-9,11H,6-7H2,1-2H3,(H,16,19);1-3H2. The predicted molar refractivity (Wildman–Crippen MR) is 95.5 cm³/mol. The number of ether oxygens (including phenoxy) is 2. The molecule has 1 saturated heterocycles. The summed E-state index contributed by atoms with van der Waals surface area (Å²) in [6.45, 7) is 2.28. The fraction of sp³-hybridized carbons (Fsp3) is 0.500. The number of hydrogen-bond donors (Lipinski definition) is 1. The van der Waals surface area contributed by atoms with Gasteiger partial charge in [-0.05, 0) is 19.1 Å². The SMILES string of the molecule is C1CC1.CC1Oc2cc(N3CC(CNC=O)OC3=O)ccc2N(C)C1=O. The summed E-state index contributed by atoms with van der Waals surface area (Å²) in [5.74, 6) is 0.421. The Hall–Kier alpha value is -2.77. The highest BCUT2D eigenvalue weighted by Crippen LogP contribution is 2.37. The molecule has 8 nitrogen and oxygen atoms in total. The Kier molecular flexibility index (Phi) is 5.29. The summed E-state index contributed by atoms with van der Waals surface area (Å²) in [5, 5.41) is 2.50. The number of benzene rings is 1. The van der Waals surface area contributed by atoms with Crippen molar-refractivity contribution in [3.05, 3.63) is 18.2 Å². The number of carbonyl (C=O) groups is 3. The minimum atomic E-state index is -0.571. The molecule has 2 fully saturated rings. The smallest absolute Gasteiger partial charge is 0.414 e. The predicted octanol–water partition coefficient (Wildman–Crippen LogP) is 1.67. The van der Waals surface area contributed by atoms with E-state index in [0.29, 0.717) is 30.1 Å². The molecule has 3 amide bonds. The Morgan fingerprint density at radius 2 is 1.96 bits per heavy atom. The highest BCUT2D eigenvalue weighted by Gasteiger charge is 2.34. The van der Waals surface area contributed by atoms with Gasteiger partial charge in [-0.25, -0.2) is 4.79 Å². The summed E-state index contributed by atoms with van der Waals surface area (Å²) in [5.41, 5.74) is 1.28. The fourth-order valence-electron chi connectivity index (χ4n) is 2.69. The van der Waals surface area contributed by atoms with Crippen molar-refractivity contribution in [2.75, 3.05) is 29.9 Å². The largest absolute Gasteiger partial charge is 0.479 e. The van der Waals surface area contributed by atoms with Gasteiger partial charge in [0.25, 0.3) is 5.91 Å². The molecule has 1 N–H and O–H groups in total. The van der Waals surface area contributed by atoms with Gasteiger partial charge in [0, 0.05) is 13.1 Å². The second-order valence-electron chi connectivity index (χ2n) is 6.51. The first-order valence-corrected chi connectivity index (χ1v) is 8.74. The third-order valence-electron chi connectivity index (χ3n) is 4.25. The van der Waals surface area contributed by atoms with Crippen molar-refractivity contribution in [3.63, 3.8) is 0 Å². The van der Waals surface area contributed by atoms with Crippen LogP contribution in [0, 0.1) is 0 Å². The molecule has 2 atom stereocenters. The van der Waals surface area contributed by atoms with Gasteiger partial charge in [0.15, 0.2) is 6.10 Å². The molecule has 8 heteroatoms. The second-order valence-corrected chi connectivity index (χ2v) is 6.51. The maximum absolute atomic E-state index is 12.0. The molecular weight excluding hydrogens is 338 g/mol. The Balaban J connectivity index is 0.000000592. The van der Waals surface area contributed by atoms with Crippen molar-refractivity contribution in [2.24, 2.45) is 0 Å². The number of rotatable bonds is 4. The Bertz CT molecular complexity index is 703. The summed E-state index contributed by atoms with van der Waals surface area (Å²) in [7, 11) is 1.69. The van der Waals surface area contributed by atoms with Crippen LogP contribution in [0.1, 0.15) is 26.2 Å². The molecule has 0 spiro atoms. The van der Waals surface area contributed by atoms with Gasteiger partial charge in [-0.15, -0.1) is 0 Å². The molecule has 26 heavy (non-hydrogen) atoms. The van der Waals surface area contributed by atoms with E-state index in [9.17, 15) is 14.4 Å². The van der Waals surface area contributed by atoms with Crippen LogP contribution in [0.3, 0.4) is 0 Å². The number of hydrogen-bond acceptors (Lipinski definition) is 5. The Labute approximate surface area is 152 Å². The number of likely N-dealkylation sites (N-methyl/N-ethyl adjacent to an activating group) is 1. The molecule has 140 valence electrons. The molecule has 1 saturated carbocycles. The van der Waals surface area contributed by atoms with Crippen molar-refractivity contribution in [2.45, 2.75) is 38.4 Å². The lowest BCUT2D eigenvalue weighted by molar-refractivity contribution is -0.125. The van der Waals surface area contributed by atoms with Gasteiger partial charge < -0.3 is 19.7 Å². The average molecular weight is 361 g/mol. The summed E-state index contributed by atoms with van der Waals surface area (Å²) in [6, 6.07) is 5.18. The first kappa shape index (κ1) is 18.0. The highest BCUT2D eigenvalue weighted by molar-refractivity contribution is 6.00. The summed E-state index contributed by atoms with van der Waals surface area (Å²) in [4.78, 5) is 37.2. The van der Waals surface area contributed by atoms with E-state index in [2.05, 4.69) is 5.32 Å². The van der Waals surface area contributed by atoms with Crippen LogP contribution >= 0.6 is 0 Å². The van der Waals surface area contributed by atoms with Gasteiger partial charge in [0.05, 0.1) is 24.5 Å². The molecule has 0 radical (unpaired) electrons. The Morgan fingerprint density at radius 1 is 1.23 bits per heavy atom. The van der Waals surface area contributed by atoms with Gasteiger partial charge in [-0.2, -0.15) is 0 Å². The average Bonchev–Trinajstić information content (AvgIpc) is 3.46. The van der Waals surface area contributed by atoms with E-state index < -0.39 is 18.3 Å². The van der Waals surface area contributed by atoms with Crippen LogP contribution in [0.15, 0.2) is 18.2 Å². The van der Waals surface area contributed by atoms with Gasteiger partial charge in [-0.1, -0.05) is 19.3 Å². The summed E-state index contributed by atoms with van der Waals surface area (Å²) >= 11 is 0. The molecule has 4 rings (SSSR count). The number of amides is 3. The molecule has 0 aromatic heterocycles. The quantitative estimate of drug-likeness (QED) is 0.824. The van der Waals surface area contributed by atoms with Crippen molar-refractivity contribution in [1.82, 2.24) is 5.32 Å². The topological polar surface area (TPSA) is 88.2 Å². The summed E-state index contributed by atoms with van der Waals surface area (Å²) in [6.07, 6.45) is 3.62. The number of anilines is 2. The van der Waals surface area contributed by atoms with Crippen LogP contribution in [-0.4, -0.2) is 50.8 Å². The van der Waals surface area contributed by atoms with Crippen molar-refractivity contribution in [1.29, 1.82) is 0 Å². The van der Waals surface area contributed by atoms with E-state index >= 15 is 0 Å². The van der Waals surface area contributed by atoms with Crippen LogP contribution in [0.25, 0.3) is 0 Å². The normalized spacial score (nSPS) is 23.3. The lowest BCUT2D eigenvalue weighted by Crippen LogP contribution is -2.42.